The Kier molecular flexibility index (Phi) is 4.45. The van der Waals surface area contributed by atoms with Gasteiger partial charge in [-0.05, 0) is 65.1 Å². The molecule has 0 amide bonds. The molecule has 5 heteroatoms. The van der Waals surface area contributed by atoms with Gasteiger partial charge in [-0.25, -0.2) is 9.59 Å². The summed E-state index contributed by atoms with van der Waals surface area (Å²) in [5.41, 5.74) is 3.81. The summed E-state index contributed by atoms with van der Waals surface area (Å²) in [5.74, 6) is -1.94. The number of carbonyl (C=O) groups is 2. The first-order valence-corrected chi connectivity index (χ1v) is 7.88. The van der Waals surface area contributed by atoms with E-state index in [-0.39, 0.29) is 16.9 Å². The second kappa shape index (κ2) is 6.72. The minimum absolute atomic E-state index is 0.121. The van der Waals surface area contributed by atoms with E-state index in [4.69, 9.17) is 5.11 Å². The molecule has 0 aromatic heterocycles. The molecule has 5 nitrogen and oxygen atoms in total. The molecule has 0 radical (unpaired) electrons. The molecule has 0 aliphatic carbocycles. The smallest absolute Gasteiger partial charge is 0.335 e. The van der Waals surface area contributed by atoms with Gasteiger partial charge < -0.3 is 15.3 Å². The van der Waals surface area contributed by atoms with Crippen molar-refractivity contribution in [2.24, 2.45) is 0 Å². The molecule has 0 fully saturated rings. The van der Waals surface area contributed by atoms with Crippen LogP contribution in [-0.4, -0.2) is 27.3 Å². The van der Waals surface area contributed by atoms with E-state index in [0.717, 1.165) is 11.1 Å². The summed E-state index contributed by atoms with van der Waals surface area (Å²) in [6.07, 6.45) is 0. The Bertz CT molecular complexity index is 1000. The highest BCUT2D eigenvalue weighted by atomic mass is 16.4. The number of aromatic hydroxyl groups is 1. The van der Waals surface area contributed by atoms with Crippen molar-refractivity contribution in [2.75, 3.05) is 0 Å². The number of phenols is 1. The highest BCUT2D eigenvalue weighted by Gasteiger charge is 2.15. The van der Waals surface area contributed by atoms with Crippen molar-refractivity contribution < 1.29 is 24.9 Å². The third-order valence-electron chi connectivity index (χ3n) is 4.30. The van der Waals surface area contributed by atoms with E-state index in [2.05, 4.69) is 0 Å². The summed E-state index contributed by atoms with van der Waals surface area (Å²) < 4.78 is 0. The minimum atomic E-state index is -1.04. The summed E-state index contributed by atoms with van der Waals surface area (Å²) in [6.45, 7) is 1.76. The Morgan fingerprint density at radius 3 is 1.96 bits per heavy atom. The lowest BCUT2D eigenvalue weighted by molar-refractivity contribution is 0.0686. The van der Waals surface area contributed by atoms with Crippen molar-refractivity contribution in [1.82, 2.24) is 0 Å². The van der Waals surface area contributed by atoms with Crippen LogP contribution in [0.25, 0.3) is 22.3 Å². The topological polar surface area (TPSA) is 94.8 Å². The first kappa shape index (κ1) is 17.2. The van der Waals surface area contributed by atoms with Gasteiger partial charge in [0.15, 0.2) is 0 Å². The molecule has 0 saturated carbocycles. The molecule has 3 rings (SSSR count). The van der Waals surface area contributed by atoms with Crippen LogP contribution in [0.3, 0.4) is 0 Å². The van der Waals surface area contributed by atoms with Crippen molar-refractivity contribution in [3.8, 4) is 28.0 Å². The van der Waals surface area contributed by atoms with Crippen LogP contribution in [0.2, 0.25) is 0 Å². The second-order valence-electron chi connectivity index (χ2n) is 5.90. The maximum absolute atomic E-state index is 11.4. The van der Waals surface area contributed by atoms with Crippen LogP contribution in [0.15, 0.2) is 60.7 Å². The highest BCUT2D eigenvalue weighted by molar-refractivity contribution is 5.95. The number of phenolic OH excluding ortho intramolecular Hbond substituents is 1. The lowest BCUT2D eigenvalue weighted by Gasteiger charge is -2.14. The number of carboxylic acids is 2. The second-order valence-corrected chi connectivity index (χ2v) is 5.90. The van der Waals surface area contributed by atoms with Crippen LogP contribution in [0, 0.1) is 6.92 Å². The summed E-state index contributed by atoms with van der Waals surface area (Å²) in [7, 11) is 0. The molecule has 130 valence electrons. The third kappa shape index (κ3) is 3.15. The maximum Gasteiger partial charge on any atom is 0.335 e. The first-order chi connectivity index (χ1) is 12.4. The van der Waals surface area contributed by atoms with E-state index in [9.17, 15) is 19.8 Å². The number of rotatable bonds is 4. The van der Waals surface area contributed by atoms with E-state index in [0.29, 0.717) is 16.7 Å². The SMILES string of the molecule is Cc1c(O)cccc1-c1cc(C(=O)O)ccc1-c1ccc(C(=O)O)cc1. The van der Waals surface area contributed by atoms with Gasteiger partial charge in [0.1, 0.15) is 5.75 Å². The van der Waals surface area contributed by atoms with Gasteiger partial charge in [0.05, 0.1) is 11.1 Å². The van der Waals surface area contributed by atoms with Crippen LogP contribution < -0.4 is 0 Å². The Morgan fingerprint density at radius 2 is 1.35 bits per heavy atom. The van der Waals surface area contributed by atoms with Crippen molar-refractivity contribution in [1.29, 1.82) is 0 Å². The highest BCUT2D eigenvalue weighted by Crippen LogP contribution is 2.37. The van der Waals surface area contributed by atoms with Gasteiger partial charge in [0, 0.05) is 0 Å². The molecule has 3 N–H and O–H groups in total. The van der Waals surface area contributed by atoms with Gasteiger partial charge in [-0.2, -0.15) is 0 Å². The third-order valence-corrected chi connectivity index (χ3v) is 4.30. The van der Waals surface area contributed by atoms with Crippen molar-refractivity contribution in [3.05, 3.63) is 77.4 Å². The number of benzene rings is 3. The number of aromatic carboxylic acids is 2. The van der Waals surface area contributed by atoms with E-state index < -0.39 is 11.9 Å². The first-order valence-electron chi connectivity index (χ1n) is 7.88. The van der Waals surface area contributed by atoms with Crippen LogP contribution in [0.4, 0.5) is 0 Å². The molecule has 0 spiro atoms. The predicted octanol–water partition coefficient (Wildman–Crippen LogP) is 4.43. The van der Waals surface area contributed by atoms with Gasteiger partial charge in [-0.1, -0.05) is 30.3 Å². The summed E-state index contributed by atoms with van der Waals surface area (Å²) in [4.78, 5) is 22.4. The zero-order chi connectivity index (χ0) is 18.8. The molecule has 0 aliphatic rings. The molecule has 0 bridgehead atoms. The molecule has 0 saturated heterocycles. The van der Waals surface area contributed by atoms with Crippen LogP contribution in [-0.2, 0) is 0 Å². The molecular formula is C21H16O5. The predicted molar refractivity (Wildman–Crippen MR) is 97.6 cm³/mol. The monoisotopic (exact) mass is 348 g/mol. The van der Waals surface area contributed by atoms with E-state index >= 15 is 0 Å². The van der Waals surface area contributed by atoms with Crippen molar-refractivity contribution in [3.63, 3.8) is 0 Å². The quantitative estimate of drug-likeness (QED) is 0.648. The molecule has 0 atom stereocenters. The van der Waals surface area contributed by atoms with E-state index in [1.807, 2.05) is 6.07 Å². The van der Waals surface area contributed by atoms with E-state index in [1.165, 1.54) is 18.2 Å². The Balaban J connectivity index is 2.23. The molecule has 3 aromatic rings. The molecule has 0 aliphatic heterocycles. The fourth-order valence-electron chi connectivity index (χ4n) is 2.86. The van der Waals surface area contributed by atoms with Gasteiger partial charge in [-0.3, -0.25) is 0 Å². The average molecular weight is 348 g/mol. The fraction of sp³-hybridized carbons (Fsp3) is 0.0476. The summed E-state index contributed by atoms with van der Waals surface area (Å²) in [6, 6.07) is 16.2. The normalized spacial score (nSPS) is 10.5. The van der Waals surface area contributed by atoms with E-state index in [1.54, 1.807) is 43.3 Å². The summed E-state index contributed by atoms with van der Waals surface area (Å²) in [5, 5.41) is 28.4. The Hall–Kier alpha value is -3.60. The molecule has 0 unspecified atom stereocenters. The maximum atomic E-state index is 11.4. The lowest BCUT2D eigenvalue weighted by Crippen LogP contribution is -1.99. The van der Waals surface area contributed by atoms with Crippen molar-refractivity contribution in [2.45, 2.75) is 6.92 Å². The lowest BCUT2D eigenvalue weighted by atomic mass is 9.90. The number of carboxylic acid groups (broad SMARTS) is 2. The molecule has 3 aromatic carbocycles. The summed E-state index contributed by atoms with van der Waals surface area (Å²) >= 11 is 0. The standard InChI is InChI=1S/C21H16O5/c1-12-16(3-2-4-19(12)22)18-11-15(21(25)26)9-10-17(18)13-5-7-14(8-6-13)20(23)24/h2-11,22H,1H3,(H,23,24)(H,25,26). The average Bonchev–Trinajstić information content (AvgIpc) is 2.63. The molecule has 0 heterocycles. The zero-order valence-electron chi connectivity index (χ0n) is 13.9. The van der Waals surface area contributed by atoms with Crippen LogP contribution in [0.5, 0.6) is 5.75 Å². The molecular weight excluding hydrogens is 332 g/mol. The molecule has 26 heavy (non-hydrogen) atoms. The van der Waals surface area contributed by atoms with Crippen molar-refractivity contribution >= 4 is 11.9 Å². The Morgan fingerprint density at radius 1 is 0.731 bits per heavy atom. The number of hydrogen-bond acceptors (Lipinski definition) is 3. The number of hydrogen-bond donors (Lipinski definition) is 3. The van der Waals surface area contributed by atoms with Crippen LogP contribution in [0.1, 0.15) is 26.3 Å². The van der Waals surface area contributed by atoms with Gasteiger partial charge in [0.25, 0.3) is 0 Å². The van der Waals surface area contributed by atoms with Gasteiger partial charge >= 0.3 is 11.9 Å². The Labute approximate surface area is 149 Å². The van der Waals surface area contributed by atoms with Crippen LogP contribution >= 0.6 is 0 Å². The largest absolute Gasteiger partial charge is 0.508 e. The fourth-order valence-corrected chi connectivity index (χ4v) is 2.86. The zero-order valence-corrected chi connectivity index (χ0v) is 13.9. The minimum Gasteiger partial charge on any atom is -0.508 e. The van der Waals surface area contributed by atoms with Gasteiger partial charge in [-0.15, -0.1) is 0 Å². The van der Waals surface area contributed by atoms with Gasteiger partial charge in [0.2, 0.25) is 0 Å².